The number of amides is 1. The van der Waals surface area contributed by atoms with Gasteiger partial charge in [-0.3, -0.25) is 19.1 Å². The minimum absolute atomic E-state index is 0.118. The molecule has 0 aliphatic carbocycles. The first-order valence-electron chi connectivity index (χ1n) is 11.8. The van der Waals surface area contributed by atoms with Gasteiger partial charge in [-0.25, -0.2) is 19.4 Å². The van der Waals surface area contributed by atoms with E-state index in [9.17, 15) is 19.2 Å². The Hall–Kier alpha value is -3.28. The number of hydrogen-bond donors (Lipinski definition) is 1. The molecular weight excluding hydrogens is 468 g/mol. The van der Waals surface area contributed by atoms with Crippen molar-refractivity contribution in [3.05, 3.63) is 68.5 Å². The molecule has 1 amide bonds. The molecule has 1 aromatic carbocycles. The number of benzene rings is 1. The maximum Gasteiger partial charge on any atom is 0.407 e. The number of aromatic nitrogens is 2. The molecule has 196 valence electrons. The Bertz CT molecular complexity index is 1180. The highest BCUT2D eigenvalue weighted by Gasteiger charge is 2.35. The number of rotatable bonds is 8. The lowest BCUT2D eigenvalue weighted by molar-refractivity contribution is -0.279. The molecule has 36 heavy (non-hydrogen) atoms. The SMILES string of the molecule is COOCC1CC(n2cc(C)c(=O)n(C(=O)c3ccccc3)c2=O)CN1CCNC(=O)OC(C)(C)C. The van der Waals surface area contributed by atoms with Crippen molar-refractivity contribution in [1.82, 2.24) is 19.4 Å². The number of nitrogens with one attached hydrogen (secondary N) is 1. The lowest BCUT2D eigenvalue weighted by Gasteiger charge is -2.24. The molecule has 0 spiro atoms. The number of carbonyl (C=O) groups excluding carboxylic acids is 2. The van der Waals surface area contributed by atoms with Crippen LogP contribution in [0.25, 0.3) is 0 Å². The van der Waals surface area contributed by atoms with Crippen molar-refractivity contribution in [2.45, 2.75) is 51.8 Å². The number of aryl methyl sites for hydroxylation is 1. The van der Waals surface area contributed by atoms with Crippen LogP contribution in [-0.4, -0.2) is 71.0 Å². The van der Waals surface area contributed by atoms with Crippen molar-refractivity contribution >= 4 is 12.0 Å². The predicted octanol–water partition coefficient (Wildman–Crippen LogP) is 1.73. The van der Waals surface area contributed by atoms with Crippen LogP contribution in [0.4, 0.5) is 4.79 Å². The summed E-state index contributed by atoms with van der Waals surface area (Å²) in [4.78, 5) is 63.2. The molecule has 1 aliphatic rings. The first-order valence-corrected chi connectivity index (χ1v) is 11.8. The van der Waals surface area contributed by atoms with Crippen molar-refractivity contribution in [1.29, 1.82) is 0 Å². The number of carbonyl (C=O) groups is 2. The maximum absolute atomic E-state index is 13.4. The summed E-state index contributed by atoms with van der Waals surface area (Å²) in [6, 6.07) is 7.79. The molecule has 2 atom stereocenters. The second-order valence-corrected chi connectivity index (χ2v) is 9.73. The molecule has 11 nitrogen and oxygen atoms in total. The van der Waals surface area contributed by atoms with Gasteiger partial charge in [0, 0.05) is 43.0 Å². The van der Waals surface area contributed by atoms with E-state index in [-0.39, 0.29) is 29.8 Å². The molecule has 1 aliphatic heterocycles. The van der Waals surface area contributed by atoms with Crippen LogP contribution in [0.3, 0.4) is 0 Å². The van der Waals surface area contributed by atoms with Crippen LogP contribution < -0.4 is 16.6 Å². The molecule has 1 aromatic heterocycles. The molecule has 11 heteroatoms. The first-order chi connectivity index (χ1) is 17.0. The smallest absolute Gasteiger partial charge is 0.407 e. The van der Waals surface area contributed by atoms with Gasteiger partial charge in [0.2, 0.25) is 0 Å². The van der Waals surface area contributed by atoms with Crippen molar-refractivity contribution < 1.29 is 24.1 Å². The monoisotopic (exact) mass is 502 g/mol. The van der Waals surface area contributed by atoms with Crippen LogP contribution in [-0.2, 0) is 14.5 Å². The van der Waals surface area contributed by atoms with Crippen LogP contribution in [0.15, 0.2) is 46.1 Å². The van der Waals surface area contributed by atoms with E-state index in [0.29, 0.717) is 30.6 Å². The Morgan fingerprint density at radius 1 is 1.14 bits per heavy atom. The number of nitrogens with zero attached hydrogens (tertiary/aromatic N) is 3. The quantitative estimate of drug-likeness (QED) is 0.428. The molecule has 0 bridgehead atoms. The summed E-state index contributed by atoms with van der Waals surface area (Å²) < 4.78 is 7.41. The molecule has 1 saturated heterocycles. The van der Waals surface area contributed by atoms with Crippen molar-refractivity contribution in [3.63, 3.8) is 0 Å². The van der Waals surface area contributed by atoms with E-state index in [2.05, 4.69) is 10.2 Å². The zero-order chi connectivity index (χ0) is 26.5. The summed E-state index contributed by atoms with van der Waals surface area (Å²) in [5.74, 6) is -0.668. The fraction of sp³-hybridized carbons (Fsp3) is 0.520. The van der Waals surface area contributed by atoms with E-state index < -0.39 is 28.9 Å². The van der Waals surface area contributed by atoms with Gasteiger partial charge in [0.05, 0.1) is 19.8 Å². The topological polar surface area (TPSA) is 121 Å². The van der Waals surface area contributed by atoms with Crippen molar-refractivity contribution in [3.8, 4) is 0 Å². The molecule has 0 radical (unpaired) electrons. The van der Waals surface area contributed by atoms with Crippen molar-refractivity contribution in [2.24, 2.45) is 0 Å². The fourth-order valence-electron chi connectivity index (χ4n) is 4.22. The van der Waals surface area contributed by atoms with Gasteiger partial charge in [0.25, 0.3) is 11.5 Å². The number of alkyl carbamates (subject to hydrolysis) is 1. The molecule has 1 fully saturated rings. The molecule has 3 rings (SSSR count). The summed E-state index contributed by atoms with van der Waals surface area (Å²) in [6.45, 7) is 8.44. The average molecular weight is 503 g/mol. The van der Waals surface area contributed by atoms with E-state index >= 15 is 0 Å². The third kappa shape index (κ3) is 6.68. The summed E-state index contributed by atoms with van der Waals surface area (Å²) in [5, 5.41) is 2.73. The van der Waals surface area contributed by atoms with Gasteiger partial charge in [-0.1, -0.05) is 18.2 Å². The minimum atomic E-state index is -0.690. The Balaban J connectivity index is 1.82. The minimum Gasteiger partial charge on any atom is -0.444 e. The first kappa shape index (κ1) is 27.3. The Labute approximate surface area is 209 Å². The highest BCUT2D eigenvalue weighted by molar-refractivity contribution is 5.95. The van der Waals surface area contributed by atoms with Crippen molar-refractivity contribution in [2.75, 3.05) is 33.4 Å². The Kier molecular flexibility index (Phi) is 8.83. The van der Waals surface area contributed by atoms with Gasteiger partial charge in [0.15, 0.2) is 0 Å². The van der Waals surface area contributed by atoms with Gasteiger partial charge in [-0.2, -0.15) is 4.57 Å². The average Bonchev–Trinajstić information content (AvgIpc) is 3.22. The van der Waals surface area contributed by atoms with Gasteiger partial charge in [-0.05, 0) is 46.2 Å². The largest absolute Gasteiger partial charge is 0.444 e. The van der Waals surface area contributed by atoms with Crippen LogP contribution in [0.1, 0.15) is 49.2 Å². The number of likely N-dealkylation sites (tertiary alicyclic amines) is 1. The maximum atomic E-state index is 13.4. The molecule has 2 unspecified atom stereocenters. The zero-order valence-electron chi connectivity index (χ0n) is 21.4. The third-order valence-corrected chi connectivity index (χ3v) is 5.85. The van der Waals surface area contributed by atoms with E-state index in [4.69, 9.17) is 14.5 Å². The van der Waals surface area contributed by atoms with Gasteiger partial charge in [0.1, 0.15) is 5.60 Å². The second-order valence-electron chi connectivity index (χ2n) is 9.73. The standard InChI is InChI=1S/C25H34N4O7/c1-17-14-28(24(33)29(21(17)30)22(31)18-9-7-6-8-10-18)19-13-20(16-35-34-5)27(15-19)12-11-26-23(32)36-25(2,3)4/h6-10,14,19-20H,11-13,15-16H2,1-5H3,(H,26,32). The summed E-state index contributed by atoms with van der Waals surface area (Å²) >= 11 is 0. The van der Waals surface area contributed by atoms with Gasteiger partial charge in [-0.15, -0.1) is 0 Å². The lowest BCUT2D eigenvalue weighted by atomic mass is 10.1. The van der Waals surface area contributed by atoms with Gasteiger partial charge >= 0.3 is 11.8 Å². The van der Waals surface area contributed by atoms with Crippen LogP contribution in [0.2, 0.25) is 0 Å². The lowest BCUT2D eigenvalue weighted by Crippen LogP contribution is -2.46. The summed E-state index contributed by atoms with van der Waals surface area (Å²) in [6.07, 6.45) is 1.51. The summed E-state index contributed by atoms with van der Waals surface area (Å²) in [7, 11) is 1.42. The molecule has 2 heterocycles. The van der Waals surface area contributed by atoms with E-state index in [1.807, 2.05) is 0 Å². The fourth-order valence-corrected chi connectivity index (χ4v) is 4.22. The second kappa shape index (κ2) is 11.6. The van der Waals surface area contributed by atoms with E-state index in [1.165, 1.54) is 17.9 Å². The summed E-state index contributed by atoms with van der Waals surface area (Å²) in [5.41, 5.74) is -1.39. The van der Waals surface area contributed by atoms with E-state index in [0.717, 1.165) is 0 Å². The highest BCUT2D eigenvalue weighted by atomic mass is 17.2. The molecule has 2 aromatic rings. The number of ether oxygens (including phenoxy) is 1. The molecule has 0 saturated carbocycles. The third-order valence-electron chi connectivity index (χ3n) is 5.85. The number of hydrogen-bond acceptors (Lipinski definition) is 8. The highest BCUT2D eigenvalue weighted by Crippen LogP contribution is 2.26. The normalized spacial score (nSPS) is 18.2. The van der Waals surface area contributed by atoms with Gasteiger partial charge < -0.3 is 10.1 Å². The predicted molar refractivity (Wildman–Crippen MR) is 132 cm³/mol. The zero-order valence-corrected chi connectivity index (χ0v) is 21.4. The van der Waals surface area contributed by atoms with E-state index in [1.54, 1.807) is 58.0 Å². The molecule has 1 N–H and O–H groups in total. The Morgan fingerprint density at radius 3 is 2.47 bits per heavy atom. The Morgan fingerprint density at radius 2 is 1.83 bits per heavy atom. The molecular formula is C25H34N4O7. The van der Waals surface area contributed by atoms with Crippen LogP contribution in [0, 0.1) is 6.92 Å². The van der Waals surface area contributed by atoms with Crippen LogP contribution >= 0.6 is 0 Å². The van der Waals surface area contributed by atoms with Crippen LogP contribution in [0.5, 0.6) is 0 Å².